The van der Waals surface area contributed by atoms with E-state index in [9.17, 15) is 0 Å². The largest absolute Gasteiger partial charge is 0.453 e. The number of rotatable bonds is 11. The topological polar surface area (TPSA) is 71.0 Å². The monoisotopic (exact) mass is 838 g/mol. The zero-order chi connectivity index (χ0) is 42.0. The van der Waals surface area contributed by atoms with Crippen LogP contribution in [0.4, 0.5) is 0 Å². The summed E-state index contributed by atoms with van der Waals surface area (Å²) in [6, 6.07) is 41.2. The van der Waals surface area contributed by atoms with Gasteiger partial charge in [0.1, 0.15) is 33.8 Å². The molecular weight excluding hydrogens is 783 g/mol. The molecule has 2 aromatic heterocycles. The Bertz CT molecular complexity index is 2750. The molecule has 0 aliphatic heterocycles. The molecule has 8 rings (SSSR count). The second-order valence-corrected chi connectivity index (χ2v) is 19.7. The summed E-state index contributed by atoms with van der Waals surface area (Å²) in [6.45, 7) is 18.2. The van der Waals surface area contributed by atoms with Gasteiger partial charge in [0.25, 0.3) is 0 Å². The first-order chi connectivity index (χ1) is 28.9. The zero-order valence-corrected chi connectivity index (χ0v) is 37.9. The maximum atomic E-state index is 7.10. The summed E-state index contributed by atoms with van der Waals surface area (Å²) in [7, 11) is -3.83. The summed E-state index contributed by atoms with van der Waals surface area (Å²) in [4.78, 5) is 0. The molecule has 60 heavy (non-hydrogen) atoms. The van der Waals surface area contributed by atoms with Gasteiger partial charge in [-0.15, -0.1) is 0 Å². The van der Waals surface area contributed by atoms with Crippen molar-refractivity contribution < 1.29 is 25.8 Å². The van der Waals surface area contributed by atoms with Gasteiger partial charge < -0.3 is 25.8 Å². The molecule has 0 fully saturated rings. The van der Waals surface area contributed by atoms with Gasteiger partial charge in [0, 0.05) is 32.7 Å². The van der Waals surface area contributed by atoms with Crippen LogP contribution in [0.2, 0.25) is 0 Å². The van der Waals surface area contributed by atoms with Crippen LogP contribution in [0.5, 0.6) is 11.5 Å². The fourth-order valence-corrected chi connectivity index (χ4v) is 9.85. The molecule has 0 atom stereocenters. The van der Waals surface area contributed by atoms with Gasteiger partial charge in [-0.25, -0.2) is 0 Å². The van der Waals surface area contributed by atoms with Crippen LogP contribution in [-0.2, 0) is 23.7 Å². The van der Waals surface area contributed by atoms with Crippen molar-refractivity contribution in [2.24, 2.45) is 0 Å². The van der Waals surface area contributed by atoms with E-state index < -0.39 is 16.5 Å². The maximum Gasteiger partial charge on any atom is 0.453 e. The second-order valence-electron chi connectivity index (χ2n) is 17.7. The molecule has 0 saturated heterocycles. The van der Waals surface area contributed by atoms with Crippen LogP contribution < -0.4 is 9.05 Å². The minimum absolute atomic E-state index is 0.0629. The summed E-state index contributed by atoms with van der Waals surface area (Å²) in [5.41, 5.74) is 9.58. The predicted molar refractivity (Wildman–Crippen MR) is 251 cm³/mol. The van der Waals surface area contributed by atoms with Crippen molar-refractivity contribution in [2.45, 2.75) is 105 Å². The number of unbranched alkanes of at least 4 members (excludes halogenated alkanes) is 2. The van der Waals surface area contributed by atoms with Crippen molar-refractivity contribution in [2.75, 3.05) is 0 Å². The third-order valence-electron chi connectivity index (χ3n) is 11.1. The van der Waals surface area contributed by atoms with Gasteiger partial charge in [-0.2, -0.15) is 0 Å². The van der Waals surface area contributed by atoms with E-state index in [0.717, 1.165) is 82.4 Å². The van der Waals surface area contributed by atoms with Crippen LogP contribution in [0.1, 0.15) is 103 Å². The van der Waals surface area contributed by atoms with Crippen LogP contribution in [0.3, 0.4) is 0 Å². The van der Waals surface area contributed by atoms with Crippen LogP contribution in [0, 0.1) is 0 Å². The van der Waals surface area contributed by atoms with E-state index in [4.69, 9.17) is 25.8 Å². The molecule has 310 valence electrons. The Morgan fingerprint density at radius 1 is 0.450 bits per heavy atom. The van der Waals surface area contributed by atoms with Gasteiger partial charge in [-0.3, -0.25) is 0 Å². The van der Waals surface area contributed by atoms with E-state index in [2.05, 4.69) is 79.7 Å². The zero-order valence-electron chi connectivity index (χ0n) is 36.1. The highest BCUT2D eigenvalue weighted by atomic mass is 31.1. The third kappa shape index (κ3) is 8.78. The number of hydrogen-bond acceptors (Lipinski definition) is 6. The maximum absolute atomic E-state index is 7.10. The quantitative estimate of drug-likeness (QED) is 0.129. The fourth-order valence-electron chi connectivity index (χ4n) is 7.62. The van der Waals surface area contributed by atoms with Gasteiger partial charge >= 0.3 is 16.5 Å². The molecule has 0 aliphatic rings. The molecule has 0 aliphatic carbocycles. The smallest absolute Gasteiger partial charge is 0.390 e. The average Bonchev–Trinajstić information content (AvgIpc) is 3.49. The van der Waals surface area contributed by atoms with E-state index in [0.29, 0.717) is 22.7 Å². The van der Waals surface area contributed by atoms with Crippen LogP contribution in [-0.4, -0.2) is 0 Å². The van der Waals surface area contributed by atoms with Crippen LogP contribution >= 0.6 is 16.5 Å². The van der Waals surface area contributed by atoms with Crippen molar-refractivity contribution in [3.05, 3.63) is 144 Å². The molecule has 0 unspecified atom stereocenters. The second kappa shape index (κ2) is 17.4. The number of fused-ring (bicyclic) bond motifs is 6. The van der Waals surface area contributed by atoms with E-state index in [1.54, 1.807) is 0 Å². The minimum atomic E-state index is -1.97. The molecule has 0 amide bonds. The Balaban J connectivity index is 1.32. The molecule has 6 aromatic carbocycles. The number of benzene rings is 6. The third-order valence-corrected chi connectivity index (χ3v) is 13.2. The Labute approximate surface area is 355 Å². The number of para-hydroxylation sites is 4. The van der Waals surface area contributed by atoms with E-state index >= 15 is 0 Å². The van der Waals surface area contributed by atoms with Crippen LogP contribution in [0.25, 0.3) is 55.0 Å². The van der Waals surface area contributed by atoms with Gasteiger partial charge in [0.2, 0.25) is 0 Å². The highest BCUT2D eigenvalue weighted by Crippen LogP contribution is 2.47. The van der Waals surface area contributed by atoms with Crippen molar-refractivity contribution in [1.82, 2.24) is 0 Å². The first-order valence-electron chi connectivity index (χ1n) is 21.3. The van der Waals surface area contributed by atoms with Gasteiger partial charge in [0.15, 0.2) is 0 Å². The fraction of sp³-hybridized carbons (Fsp3) is 0.308. The van der Waals surface area contributed by atoms with Crippen molar-refractivity contribution >= 4 is 60.4 Å². The summed E-state index contributed by atoms with van der Waals surface area (Å²) in [6.07, 6.45) is 6.04. The molecular formula is C52H56O6P2. The SMILES string of the molecule is CCCCc1cc(C(C)(C)C)cc2c1op(Oc1ccccc1-c1ccccc1Op1oc3ccccc3c3ccccc3o1)oc1c(CCCC)cc(C(C)(C)C)cc12. The molecule has 0 saturated carbocycles. The summed E-state index contributed by atoms with van der Waals surface area (Å²) in [5, 5.41) is 4.06. The van der Waals surface area contributed by atoms with Crippen molar-refractivity contribution in [3.63, 3.8) is 0 Å². The van der Waals surface area contributed by atoms with Gasteiger partial charge in [0.05, 0.1) is 0 Å². The lowest BCUT2D eigenvalue weighted by atomic mass is 9.82. The van der Waals surface area contributed by atoms with Gasteiger partial charge in [-0.05, 0) is 95.2 Å². The van der Waals surface area contributed by atoms with Gasteiger partial charge in [-0.1, -0.05) is 153 Å². The van der Waals surface area contributed by atoms with E-state index in [1.807, 2.05) is 97.1 Å². The highest BCUT2D eigenvalue weighted by molar-refractivity contribution is 7.32. The Morgan fingerprint density at radius 3 is 1.25 bits per heavy atom. The molecule has 8 aromatic rings. The lowest BCUT2D eigenvalue weighted by Gasteiger charge is -2.22. The molecule has 2 heterocycles. The lowest BCUT2D eigenvalue weighted by Crippen LogP contribution is -2.12. The molecule has 0 bridgehead atoms. The standard InChI is InChI=1S/C52H56O6P2/c1-9-11-21-35-31-37(51(3,4)5)33-43-44-34-38(52(6,7)8)32-36(22-12-10-2)50(44)58-60(57-49(35)43)56-48-30-20-16-26-42(48)41-25-15-19-29-47(41)55-59-53-45-27-17-13-23-39(45)40-24-14-18-28-46(40)54-59/h13-20,23-34H,9-12,21-22H2,1-8H3. The van der Waals surface area contributed by atoms with Crippen LogP contribution in [0.15, 0.2) is 138 Å². The summed E-state index contributed by atoms with van der Waals surface area (Å²) < 4.78 is 40.8. The highest BCUT2D eigenvalue weighted by Gasteiger charge is 2.24. The van der Waals surface area contributed by atoms with Crippen molar-refractivity contribution in [1.29, 1.82) is 0 Å². The Hall–Kier alpha value is -5.28. The summed E-state index contributed by atoms with van der Waals surface area (Å²) in [5.74, 6) is 1.23. The lowest BCUT2D eigenvalue weighted by molar-refractivity contribution is 0.493. The molecule has 0 radical (unpaired) electrons. The first-order valence-corrected chi connectivity index (χ1v) is 23.5. The average molecular weight is 839 g/mol. The first kappa shape index (κ1) is 41.5. The summed E-state index contributed by atoms with van der Waals surface area (Å²) >= 11 is 0. The number of hydrogen-bond donors (Lipinski definition) is 0. The van der Waals surface area contributed by atoms with E-state index in [1.165, 1.54) is 22.3 Å². The molecule has 0 spiro atoms. The normalized spacial score (nSPS) is 12.1. The molecule has 0 N–H and O–H groups in total. The predicted octanol–water partition coefficient (Wildman–Crippen LogP) is 17.5. The Kier molecular flexibility index (Phi) is 12.0. The minimum Gasteiger partial charge on any atom is -0.390 e. The molecule has 8 heteroatoms. The van der Waals surface area contributed by atoms with Crippen molar-refractivity contribution in [3.8, 4) is 22.6 Å². The van der Waals surface area contributed by atoms with E-state index in [-0.39, 0.29) is 10.8 Å². The number of aryl methyl sites for hydroxylation is 2. The Morgan fingerprint density at radius 2 is 0.833 bits per heavy atom. The molecule has 6 nitrogen and oxygen atoms in total.